The third-order valence-corrected chi connectivity index (χ3v) is 4.60. The maximum absolute atomic E-state index is 12.0. The van der Waals surface area contributed by atoms with E-state index in [4.69, 9.17) is 0 Å². The average molecular weight is 273 g/mol. The number of nitrogens with zero attached hydrogens (tertiary/aromatic N) is 1. The fraction of sp³-hybridized carbons (Fsp3) is 0.769. The molecule has 0 saturated carbocycles. The minimum absolute atomic E-state index is 0.0300. The van der Waals surface area contributed by atoms with Gasteiger partial charge < -0.3 is 0 Å². The predicted octanol–water partition coefficient (Wildman–Crippen LogP) is 4.34. The van der Waals surface area contributed by atoms with Crippen molar-refractivity contribution < 1.29 is 4.79 Å². The minimum atomic E-state index is 0.0300. The molecule has 2 unspecified atom stereocenters. The highest BCUT2D eigenvalue weighted by molar-refractivity contribution is 8.01. The normalized spacial score (nSPS) is 19.7. The smallest absolute Gasteiger partial charge is 0.230 e. The lowest BCUT2D eigenvalue weighted by molar-refractivity contribution is -0.126. The molecule has 1 aliphatic heterocycles. The average Bonchev–Trinajstić information content (AvgIpc) is 2.13. The fourth-order valence-electron chi connectivity index (χ4n) is 2.38. The molecule has 0 bridgehead atoms. The maximum Gasteiger partial charge on any atom is 0.230 e. The van der Waals surface area contributed by atoms with E-state index in [1.807, 2.05) is 4.67 Å². The number of hydrogen-bond donors (Lipinski definition) is 0. The molecule has 0 N–H and O–H groups in total. The van der Waals surface area contributed by atoms with Crippen LogP contribution < -0.4 is 0 Å². The third-order valence-electron chi connectivity index (χ3n) is 3.09. The molecule has 0 aromatic rings. The van der Waals surface area contributed by atoms with Crippen LogP contribution in [0.1, 0.15) is 54.4 Å². The summed E-state index contributed by atoms with van der Waals surface area (Å²) in [6.07, 6.45) is 1.58. The Hall–Kier alpha value is 0.0700. The van der Waals surface area contributed by atoms with Gasteiger partial charge in [-0.05, 0) is 17.4 Å². The van der Waals surface area contributed by atoms with E-state index in [0.717, 1.165) is 6.42 Å². The molecule has 1 aliphatic rings. The van der Waals surface area contributed by atoms with E-state index in [-0.39, 0.29) is 16.7 Å². The summed E-state index contributed by atoms with van der Waals surface area (Å²) in [7, 11) is 3.16. The molecule has 0 spiro atoms. The highest BCUT2D eigenvalue weighted by Gasteiger charge is 2.36. The minimum Gasteiger partial charge on any atom is -0.293 e. The van der Waals surface area contributed by atoms with Crippen LogP contribution in [0.5, 0.6) is 0 Å². The highest BCUT2D eigenvalue weighted by atomic mass is 32.0. The van der Waals surface area contributed by atoms with Crippen LogP contribution in [0.4, 0.5) is 0 Å². The zero-order valence-corrected chi connectivity index (χ0v) is 14.0. The standard InChI is InChI=1S/C13H25NOP2/c1-12(2,3)9-7-8-10(15)14(17-16)11(9)13(4,5)6/h17H,7-8,16H2,1-6H3. The zero-order valence-electron chi connectivity index (χ0n) is 11.8. The topological polar surface area (TPSA) is 20.3 Å². The Bertz CT molecular complexity index is 347. The van der Waals surface area contributed by atoms with Gasteiger partial charge in [-0.2, -0.15) is 0 Å². The van der Waals surface area contributed by atoms with Gasteiger partial charge in [0.1, 0.15) is 0 Å². The molecule has 17 heavy (non-hydrogen) atoms. The van der Waals surface area contributed by atoms with Crippen molar-refractivity contribution in [3.63, 3.8) is 0 Å². The van der Waals surface area contributed by atoms with Gasteiger partial charge in [0, 0.05) is 26.0 Å². The zero-order chi connectivity index (χ0) is 13.4. The third kappa shape index (κ3) is 3.30. The van der Waals surface area contributed by atoms with E-state index in [1.165, 1.54) is 11.3 Å². The van der Waals surface area contributed by atoms with E-state index in [2.05, 4.69) is 50.5 Å². The second-order valence-corrected chi connectivity index (χ2v) is 8.17. The lowest BCUT2D eigenvalue weighted by Gasteiger charge is -2.42. The molecule has 1 amide bonds. The number of carbonyl (C=O) groups excluding carboxylic acids is 1. The predicted molar refractivity (Wildman–Crippen MR) is 80.0 cm³/mol. The monoisotopic (exact) mass is 273 g/mol. The van der Waals surface area contributed by atoms with Crippen LogP contribution >= 0.6 is 17.3 Å². The van der Waals surface area contributed by atoms with Gasteiger partial charge in [0.2, 0.25) is 5.91 Å². The van der Waals surface area contributed by atoms with Crippen LogP contribution in [0.25, 0.3) is 0 Å². The number of hydrogen-bond acceptors (Lipinski definition) is 1. The van der Waals surface area contributed by atoms with Gasteiger partial charge in [0.05, 0.1) is 0 Å². The van der Waals surface area contributed by atoms with Gasteiger partial charge in [-0.1, -0.05) is 50.5 Å². The summed E-state index contributed by atoms with van der Waals surface area (Å²) in [5.74, 6) is 0.274. The molecule has 0 saturated heterocycles. The molecule has 2 nitrogen and oxygen atoms in total. The molecular formula is C13H25NOP2. The van der Waals surface area contributed by atoms with Gasteiger partial charge in [-0.25, -0.2) is 0 Å². The molecule has 0 aliphatic carbocycles. The first-order chi connectivity index (χ1) is 7.59. The molecule has 4 heteroatoms. The molecule has 0 aromatic heterocycles. The van der Waals surface area contributed by atoms with Crippen molar-refractivity contribution in [3.8, 4) is 0 Å². The second kappa shape index (κ2) is 4.98. The van der Waals surface area contributed by atoms with E-state index in [1.54, 1.807) is 0 Å². The van der Waals surface area contributed by atoms with Crippen LogP contribution in [-0.2, 0) is 4.79 Å². The molecule has 0 aromatic carbocycles. The lowest BCUT2D eigenvalue weighted by atomic mass is 9.75. The number of allylic oxidation sites excluding steroid dienone is 2. The molecule has 1 rings (SSSR count). The van der Waals surface area contributed by atoms with E-state index < -0.39 is 0 Å². The summed E-state index contributed by atoms with van der Waals surface area (Å²) >= 11 is 0. The molecule has 1 heterocycles. The Morgan fingerprint density at radius 2 is 1.59 bits per heavy atom. The highest BCUT2D eigenvalue weighted by Crippen LogP contribution is 2.48. The van der Waals surface area contributed by atoms with Crippen LogP contribution in [0, 0.1) is 10.8 Å². The Labute approximate surface area is 110 Å². The molecular weight excluding hydrogens is 248 g/mol. The van der Waals surface area contributed by atoms with Crippen molar-refractivity contribution in [2.24, 2.45) is 10.8 Å². The summed E-state index contributed by atoms with van der Waals surface area (Å²) in [5, 5.41) is 0. The van der Waals surface area contributed by atoms with Gasteiger partial charge in [0.25, 0.3) is 0 Å². The van der Waals surface area contributed by atoms with Gasteiger partial charge in [-0.15, -0.1) is 0 Å². The summed E-state index contributed by atoms with van der Waals surface area (Å²) in [5.41, 5.74) is 2.86. The van der Waals surface area contributed by atoms with E-state index in [0.29, 0.717) is 14.8 Å². The summed E-state index contributed by atoms with van der Waals surface area (Å²) < 4.78 is 1.98. The largest absolute Gasteiger partial charge is 0.293 e. The van der Waals surface area contributed by atoms with Gasteiger partial charge in [0.15, 0.2) is 0 Å². The molecule has 0 radical (unpaired) electrons. The van der Waals surface area contributed by atoms with Crippen molar-refractivity contribution in [2.75, 3.05) is 0 Å². The van der Waals surface area contributed by atoms with Crippen LogP contribution in [0.2, 0.25) is 0 Å². The number of amides is 1. The Balaban J connectivity index is 3.39. The van der Waals surface area contributed by atoms with Crippen molar-refractivity contribution >= 4 is 23.3 Å². The summed E-state index contributed by atoms with van der Waals surface area (Å²) in [6, 6.07) is 0. The first-order valence-corrected chi connectivity index (χ1v) is 8.88. The van der Waals surface area contributed by atoms with Crippen LogP contribution in [0.15, 0.2) is 11.3 Å². The quantitative estimate of drug-likeness (QED) is 0.651. The Morgan fingerprint density at radius 3 is 1.94 bits per heavy atom. The Kier molecular flexibility index (Phi) is 4.43. The van der Waals surface area contributed by atoms with E-state index in [9.17, 15) is 4.79 Å². The molecule has 2 atom stereocenters. The number of rotatable bonds is 1. The van der Waals surface area contributed by atoms with Crippen LogP contribution in [0.3, 0.4) is 0 Å². The summed E-state index contributed by atoms with van der Waals surface area (Å²) in [4.78, 5) is 12.0. The van der Waals surface area contributed by atoms with Crippen molar-refractivity contribution in [1.29, 1.82) is 0 Å². The second-order valence-electron chi connectivity index (χ2n) is 6.69. The molecule has 0 fully saturated rings. The van der Waals surface area contributed by atoms with E-state index >= 15 is 0 Å². The lowest BCUT2D eigenvalue weighted by Crippen LogP contribution is -2.36. The first-order valence-electron chi connectivity index (χ1n) is 6.12. The first kappa shape index (κ1) is 15.1. The van der Waals surface area contributed by atoms with Crippen molar-refractivity contribution in [2.45, 2.75) is 54.4 Å². The van der Waals surface area contributed by atoms with Crippen LogP contribution in [-0.4, -0.2) is 10.6 Å². The van der Waals surface area contributed by atoms with Crippen molar-refractivity contribution in [3.05, 3.63) is 11.3 Å². The SMILES string of the molecule is CC(C)(C)C1=C(C(C)(C)C)N(PP)C(=O)CC1. The fourth-order valence-corrected chi connectivity index (χ4v) is 4.05. The van der Waals surface area contributed by atoms with Crippen molar-refractivity contribution in [1.82, 2.24) is 4.67 Å². The van der Waals surface area contributed by atoms with Gasteiger partial charge >= 0.3 is 0 Å². The van der Waals surface area contributed by atoms with Gasteiger partial charge in [-0.3, -0.25) is 9.46 Å². The maximum atomic E-state index is 12.0. The summed E-state index contributed by atoms with van der Waals surface area (Å²) in [6.45, 7) is 13.3. The Morgan fingerprint density at radius 1 is 1.06 bits per heavy atom. The number of carbonyl (C=O) groups is 1. The molecule has 98 valence electrons.